The molecule has 8 heteroatoms. The van der Waals surface area contributed by atoms with Crippen molar-refractivity contribution in [1.29, 1.82) is 0 Å². The van der Waals surface area contributed by atoms with Crippen LogP contribution in [0.1, 0.15) is 11.8 Å². The molecule has 0 aliphatic carbocycles. The predicted octanol–water partition coefficient (Wildman–Crippen LogP) is 1.89. The molecular formula is C11H19BrN2O3S2. The van der Waals surface area contributed by atoms with Crippen LogP contribution in [0.25, 0.3) is 0 Å². The molecule has 0 amide bonds. The summed E-state index contributed by atoms with van der Waals surface area (Å²) in [6, 6.07) is 1.72. The lowest BCUT2D eigenvalue weighted by Gasteiger charge is -2.19. The summed E-state index contributed by atoms with van der Waals surface area (Å²) < 4.78 is 32.1. The van der Waals surface area contributed by atoms with Gasteiger partial charge in [0.1, 0.15) is 4.90 Å². The average Bonchev–Trinajstić information content (AvgIpc) is 2.72. The highest BCUT2D eigenvalue weighted by atomic mass is 79.9. The number of thiophene rings is 1. The van der Waals surface area contributed by atoms with Crippen LogP contribution in [0.2, 0.25) is 0 Å². The van der Waals surface area contributed by atoms with E-state index in [0.29, 0.717) is 34.9 Å². The Hall–Kier alpha value is 0.01000. The molecule has 1 aromatic heterocycles. The maximum absolute atomic E-state index is 12.5. The molecule has 0 aliphatic rings. The van der Waals surface area contributed by atoms with Crippen molar-refractivity contribution >= 4 is 37.3 Å². The van der Waals surface area contributed by atoms with E-state index in [1.165, 1.54) is 15.6 Å². The van der Waals surface area contributed by atoms with Crippen molar-refractivity contribution in [1.82, 2.24) is 9.62 Å². The Morgan fingerprint density at radius 1 is 1.53 bits per heavy atom. The molecule has 0 unspecified atom stereocenters. The minimum atomic E-state index is -3.46. The van der Waals surface area contributed by atoms with Gasteiger partial charge in [-0.3, -0.25) is 0 Å². The normalized spacial score (nSPS) is 12.3. The molecule has 0 aliphatic heterocycles. The SMILES string of the molecule is CCN(CCOC)S(=O)(=O)c1cc(CNC)sc1Br. The Bertz CT molecular complexity index is 502. The number of halogens is 1. The van der Waals surface area contributed by atoms with E-state index in [-0.39, 0.29) is 0 Å². The van der Waals surface area contributed by atoms with Gasteiger partial charge in [-0.05, 0) is 29.0 Å². The molecule has 5 nitrogen and oxygen atoms in total. The second-order valence-corrected chi connectivity index (χ2v) is 8.23. The van der Waals surface area contributed by atoms with Crippen LogP contribution in [0.4, 0.5) is 0 Å². The van der Waals surface area contributed by atoms with Gasteiger partial charge in [0.15, 0.2) is 0 Å². The summed E-state index contributed by atoms with van der Waals surface area (Å²) >= 11 is 4.78. The molecule has 19 heavy (non-hydrogen) atoms. The van der Waals surface area contributed by atoms with Crippen molar-refractivity contribution in [2.45, 2.75) is 18.4 Å². The number of rotatable bonds is 8. The first-order valence-corrected chi connectivity index (χ1v) is 8.94. The monoisotopic (exact) mass is 370 g/mol. The molecule has 0 saturated carbocycles. The average molecular weight is 371 g/mol. The van der Waals surface area contributed by atoms with Gasteiger partial charge in [-0.15, -0.1) is 11.3 Å². The lowest BCUT2D eigenvalue weighted by atomic mass is 10.5. The van der Waals surface area contributed by atoms with Crippen molar-refractivity contribution in [2.24, 2.45) is 0 Å². The third-order valence-corrected chi connectivity index (χ3v) is 6.80. The van der Waals surface area contributed by atoms with Gasteiger partial charge < -0.3 is 10.1 Å². The van der Waals surface area contributed by atoms with Crippen molar-refractivity contribution < 1.29 is 13.2 Å². The summed E-state index contributed by atoms with van der Waals surface area (Å²) in [7, 11) is -0.0689. The first kappa shape index (κ1) is 17.1. The molecule has 0 atom stereocenters. The van der Waals surface area contributed by atoms with Crippen molar-refractivity contribution in [3.63, 3.8) is 0 Å². The fourth-order valence-corrected chi connectivity index (χ4v) is 5.69. The minimum Gasteiger partial charge on any atom is -0.383 e. The smallest absolute Gasteiger partial charge is 0.245 e. The Morgan fingerprint density at radius 2 is 2.21 bits per heavy atom. The quantitative estimate of drug-likeness (QED) is 0.758. The number of nitrogens with zero attached hydrogens (tertiary/aromatic N) is 1. The molecule has 0 fully saturated rings. The topological polar surface area (TPSA) is 58.6 Å². The Balaban J connectivity index is 3.03. The number of nitrogens with one attached hydrogen (secondary N) is 1. The van der Waals surface area contributed by atoms with E-state index in [0.717, 1.165) is 4.88 Å². The minimum absolute atomic E-state index is 0.334. The summed E-state index contributed by atoms with van der Waals surface area (Å²) in [6.45, 7) is 3.65. The zero-order valence-corrected chi connectivity index (χ0v) is 14.5. The number of sulfonamides is 1. The molecule has 0 aromatic carbocycles. The maximum atomic E-state index is 12.5. The van der Waals surface area contributed by atoms with Crippen LogP contribution in [-0.2, 0) is 21.3 Å². The van der Waals surface area contributed by atoms with Crippen LogP contribution >= 0.6 is 27.3 Å². The fourth-order valence-electron chi connectivity index (χ4n) is 1.62. The third kappa shape index (κ3) is 4.24. The second kappa shape index (κ2) is 7.70. The van der Waals surface area contributed by atoms with Gasteiger partial charge in [0.05, 0.1) is 10.4 Å². The van der Waals surface area contributed by atoms with Crippen LogP contribution in [0.15, 0.2) is 14.7 Å². The van der Waals surface area contributed by atoms with Gasteiger partial charge in [-0.1, -0.05) is 6.92 Å². The first-order chi connectivity index (χ1) is 8.97. The zero-order valence-electron chi connectivity index (χ0n) is 11.3. The van der Waals surface area contributed by atoms with Crippen LogP contribution in [-0.4, -0.2) is 46.6 Å². The van der Waals surface area contributed by atoms with E-state index in [4.69, 9.17) is 4.74 Å². The fraction of sp³-hybridized carbons (Fsp3) is 0.636. The van der Waals surface area contributed by atoms with E-state index in [9.17, 15) is 8.42 Å². The van der Waals surface area contributed by atoms with E-state index in [1.807, 2.05) is 14.0 Å². The molecule has 0 saturated heterocycles. The Labute approximate surface area is 127 Å². The predicted molar refractivity (Wildman–Crippen MR) is 81.1 cm³/mol. The van der Waals surface area contributed by atoms with Crippen LogP contribution in [0, 0.1) is 0 Å². The number of likely N-dealkylation sites (N-methyl/N-ethyl adjacent to an activating group) is 1. The molecule has 1 N–H and O–H groups in total. The molecule has 1 aromatic rings. The Kier molecular flexibility index (Phi) is 6.92. The standard InChI is InChI=1S/C11H19BrN2O3S2/c1-4-14(5-6-17-3)19(15,16)10-7-9(8-13-2)18-11(10)12/h7,13H,4-6,8H2,1-3H3. The third-order valence-electron chi connectivity index (χ3n) is 2.57. The summed E-state index contributed by atoms with van der Waals surface area (Å²) in [5.41, 5.74) is 0. The van der Waals surface area contributed by atoms with Crippen molar-refractivity contribution in [2.75, 3.05) is 33.9 Å². The zero-order chi connectivity index (χ0) is 14.5. The largest absolute Gasteiger partial charge is 0.383 e. The van der Waals surface area contributed by atoms with Gasteiger partial charge in [0, 0.05) is 31.6 Å². The number of methoxy groups -OCH3 is 1. The van der Waals surface area contributed by atoms with Crippen LogP contribution < -0.4 is 5.32 Å². The first-order valence-electron chi connectivity index (χ1n) is 5.89. The highest BCUT2D eigenvalue weighted by Gasteiger charge is 2.27. The summed E-state index contributed by atoms with van der Waals surface area (Å²) in [5, 5.41) is 3.01. The van der Waals surface area contributed by atoms with Gasteiger partial charge in [0.2, 0.25) is 10.0 Å². The molecule has 110 valence electrons. The molecular weight excluding hydrogens is 352 g/mol. The van der Waals surface area contributed by atoms with Gasteiger partial charge in [-0.25, -0.2) is 8.42 Å². The van der Waals surface area contributed by atoms with E-state index < -0.39 is 10.0 Å². The summed E-state index contributed by atoms with van der Waals surface area (Å²) in [5.74, 6) is 0. The van der Waals surface area contributed by atoms with Crippen LogP contribution in [0.5, 0.6) is 0 Å². The van der Waals surface area contributed by atoms with Gasteiger partial charge >= 0.3 is 0 Å². The van der Waals surface area contributed by atoms with E-state index in [2.05, 4.69) is 21.2 Å². The molecule has 0 bridgehead atoms. The highest BCUT2D eigenvalue weighted by Crippen LogP contribution is 2.33. The molecule has 1 rings (SSSR count). The Morgan fingerprint density at radius 3 is 2.74 bits per heavy atom. The molecule has 0 spiro atoms. The van der Waals surface area contributed by atoms with Crippen molar-refractivity contribution in [3.8, 4) is 0 Å². The number of ether oxygens (including phenoxy) is 1. The molecule has 0 radical (unpaired) electrons. The van der Waals surface area contributed by atoms with E-state index in [1.54, 1.807) is 13.2 Å². The lowest BCUT2D eigenvalue weighted by Crippen LogP contribution is -2.33. The highest BCUT2D eigenvalue weighted by molar-refractivity contribution is 9.11. The summed E-state index contributed by atoms with van der Waals surface area (Å²) in [6.07, 6.45) is 0. The summed E-state index contributed by atoms with van der Waals surface area (Å²) in [4.78, 5) is 1.32. The van der Waals surface area contributed by atoms with Crippen molar-refractivity contribution in [3.05, 3.63) is 14.7 Å². The number of hydrogen-bond donors (Lipinski definition) is 1. The van der Waals surface area contributed by atoms with Gasteiger partial charge in [0.25, 0.3) is 0 Å². The molecule has 1 heterocycles. The lowest BCUT2D eigenvalue weighted by molar-refractivity contribution is 0.180. The van der Waals surface area contributed by atoms with E-state index >= 15 is 0 Å². The van der Waals surface area contributed by atoms with Crippen LogP contribution in [0.3, 0.4) is 0 Å². The second-order valence-electron chi connectivity index (χ2n) is 3.87. The maximum Gasteiger partial charge on any atom is 0.245 e. The van der Waals surface area contributed by atoms with Gasteiger partial charge in [-0.2, -0.15) is 4.31 Å². The number of hydrogen-bond acceptors (Lipinski definition) is 5.